The second kappa shape index (κ2) is 9.34. The molecule has 0 radical (unpaired) electrons. The molecule has 4 aromatic rings. The Kier molecular flexibility index (Phi) is 6.06. The van der Waals surface area contributed by atoms with Gasteiger partial charge in [0, 0.05) is 29.8 Å². The molecule has 1 atom stereocenters. The van der Waals surface area contributed by atoms with Gasteiger partial charge in [0.25, 0.3) is 5.56 Å². The Balaban J connectivity index is 1.70. The molecule has 36 heavy (non-hydrogen) atoms. The number of amides is 1. The first kappa shape index (κ1) is 23.4. The molecule has 0 bridgehead atoms. The van der Waals surface area contributed by atoms with Crippen molar-refractivity contribution in [1.82, 2.24) is 9.99 Å². The molecular formula is C29H27N3O4. The van der Waals surface area contributed by atoms with Crippen LogP contribution in [0, 0.1) is 6.92 Å². The van der Waals surface area contributed by atoms with Crippen molar-refractivity contribution in [2.75, 3.05) is 14.2 Å². The van der Waals surface area contributed by atoms with E-state index in [1.54, 1.807) is 14.2 Å². The topological polar surface area (TPSA) is 84.0 Å². The number of nitrogens with one attached hydrogen (secondary N) is 1. The molecule has 1 aromatic heterocycles. The van der Waals surface area contributed by atoms with Gasteiger partial charge in [0.2, 0.25) is 5.91 Å². The highest BCUT2D eigenvalue weighted by atomic mass is 16.5. The number of benzene rings is 3. The number of aryl methyl sites for hydroxylation is 1. The number of ether oxygens (including phenoxy) is 2. The number of rotatable bonds is 5. The van der Waals surface area contributed by atoms with Crippen LogP contribution in [0.15, 0.2) is 76.6 Å². The quantitative estimate of drug-likeness (QED) is 0.424. The summed E-state index contributed by atoms with van der Waals surface area (Å²) in [7, 11) is 3.15. The van der Waals surface area contributed by atoms with Crippen molar-refractivity contribution < 1.29 is 14.3 Å². The number of nitrogens with zero attached hydrogens (tertiary/aromatic N) is 2. The van der Waals surface area contributed by atoms with Crippen LogP contribution in [0.2, 0.25) is 0 Å². The minimum atomic E-state index is -0.381. The number of hydrogen-bond donors (Lipinski definition) is 1. The molecule has 0 spiro atoms. The second-order valence-electron chi connectivity index (χ2n) is 8.86. The van der Waals surface area contributed by atoms with Gasteiger partial charge in [0.1, 0.15) is 0 Å². The molecule has 0 saturated carbocycles. The van der Waals surface area contributed by atoms with Gasteiger partial charge in [0.15, 0.2) is 11.5 Å². The molecule has 0 saturated heterocycles. The van der Waals surface area contributed by atoms with Gasteiger partial charge >= 0.3 is 0 Å². The van der Waals surface area contributed by atoms with Crippen LogP contribution < -0.4 is 15.0 Å². The van der Waals surface area contributed by atoms with Crippen molar-refractivity contribution in [1.29, 1.82) is 0 Å². The van der Waals surface area contributed by atoms with E-state index in [4.69, 9.17) is 14.6 Å². The molecule has 7 heteroatoms. The molecule has 1 aliphatic rings. The van der Waals surface area contributed by atoms with Crippen LogP contribution in [-0.2, 0) is 4.79 Å². The van der Waals surface area contributed by atoms with Crippen LogP contribution in [0.4, 0.5) is 0 Å². The molecule has 1 N–H and O–H groups in total. The molecule has 1 aliphatic heterocycles. The predicted molar refractivity (Wildman–Crippen MR) is 141 cm³/mol. The van der Waals surface area contributed by atoms with Crippen LogP contribution in [0.3, 0.4) is 0 Å². The molecule has 7 nitrogen and oxygen atoms in total. The van der Waals surface area contributed by atoms with Gasteiger partial charge in [-0.25, -0.2) is 5.01 Å². The number of hydrazone groups is 1. The van der Waals surface area contributed by atoms with Crippen LogP contribution in [0.1, 0.15) is 36.1 Å². The van der Waals surface area contributed by atoms with E-state index in [0.29, 0.717) is 29.2 Å². The number of H-pyrrole nitrogens is 1. The zero-order valence-corrected chi connectivity index (χ0v) is 20.7. The number of aromatic amines is 1. The Morgan fingerprint density at radius 2 is 1.72 bits per heavy atom. The molecule has 3 aromatic carbocycles. The Labute approximate surface area is 209 Å². The van der Waals surface area contributed by atoms with E-state index in [2.05, 4.69) is 11.1 Å². The van der Waals surface area contributed by atoms with Gasteiger partial charge in [-0.1, -0.05) is 48.0 Å². The summed E-state index contributed by atoms with van der Waals surface area (Å²) in [4.78, 5) is 29.2. The Bertz CT molecular complexity index is 1560. The third kappa shape index (κ3) is 4.02. The lowest BCUT2D eigenvalue weighted by molar-refractivity contribution is -0.130. The fourth-order valence-corrected chi connectivity index (χ4v) is 4.86. The van der Waals surface area contributed by atoms with E-state index in [-0.39, 0.29) is 17.5 Å². The normalized spacial score (nSPS) is 15.2. The number of carbonyl (C=O) groups is 1. The summed E-state index contributed by atoms with van der Waals surface area (Å²) in [6, 6.07) is 21.0. The van der Waals surface area contributed by atoms with Gasteiger partial charge in [-0.15, -0.1) is 0 Å². The van der Waals surface area contributed by atoms with Crippen molar-refractivity contribution >= 4 is 22.5 Å². The van der Waals surface area contributed by atoms with E-state index >= 15 is 0 Å². The van der Waals surface area contributed by atoms with Gasteiger partial charge in [0.05, 0.1) is 31.5 Å². The van der Waals surface area contributed by atoms with Crippen molar-refractivity contribution in [3.63, 3.8) is 0 Å². The highest BCUT2D eigenvalue weighted by Crippen LogP contribution is 2.39. The Morgan fingerprint density at radius 3 is 2.42 bits per heavy atom. The molecule has 2 heterocycles. The highest BCUT2D eigenvalue weighted by Gasteiger charge is 2.34. The van der Waals surface area contributed by atoms with Crippen LogP contribution >= 0.6 is 0 Å². The van der Waals surface area contributed by atoms with E-state index in [9.17, 15) is 9.59 Å². The molecule has 0 fully saturated rings. The van der Waals surface area contributed by atoms with Crippen LogP contribution in [0.5, 0.6) is 11.5 Å². The number of fused-ring (bicyclic) bond motifs is 1. The second-order valence-corrected chi connectivity index (χ2v) is 8.86. The maximum atomic E-state index is 13.5. The lowest BCUT2D eigenvalue weighted by Crippen LogP contribution is -2.24. The molecule has 0 aliphatic carbocycles. The summed E-state index contributed by atoms with van der Waals surface area (Å²) in [6.07, 6.45) is 0.384. The number of aromatic nitrogens is 1. The number of pyridine rings is 1. The maximum absolute atomic E-state index is 13.5. The fraction of sp³-hybridized carbons (Fsp3) is 0.207. The van der Waals surface area contributed by atoms with Crippen LogP contribution in [-0.4, -0.2) is 35.8 Å². The molecule has 1 amide bonds. The zero-order valence-electron chi connectivity index (χ0n) is 20.7. The van der Waals surface area contributed by atoms with E-state index < -0.39 is 0 Å². The lowest BCUT2D eigenvalue weighted by atomic mass is 9.90. The summed E-state index contributed by atoms with van der Waals surface area (Å²) < 4.78 is 10.8. The van der Waals surface area contributed by atoms with Gasteiger partial charge < -0.3 is 14.5 Å². The van der Waals surface area contributed by atoms with E-state index in [0.717, 1.165) is 33.2 Å². The average molecular weight is 482 g/mol. The zero-order chi connectivity index (χ0) is 25.4. The minimum Gasteiger partial charge on any atom is -0.493 e. The summed E-state index contributed by atoms with van der Waals surface area (Å²) in [6.45, 7) is 3.50. The molecule has 1 unspecified atom stereocenters. The monoisotopic (exact) mass is 481 g/mol. The predicted octanol–water partition coefficient (Wildman–Crippen LogP) is 5.22. The third-order valence-electron chi connectivity index (χ3n) is 6.55. The number of methoxy groups -OCH3 is 2. The summed E-state index contributed by atoms with van der Waals surface area (Å²) >= 11 is 0. The number of carbonyl (C=O) groups excluding carboxylic acids is 1. The third-order valence-corrected chi connectivity index (χ3v) is 6.55. The van der Waals surface area contributed by atoms with Crippen LogP contribution in [0.25, 0.3) is 22.0 Å². The molecular weight excluding hydrogens is 454 g/mol. The van der Waals surface area contributed by atoms with Crippen molar-refractivity contribution in [3.05, 3.63) is 93.8 Å². The Hall–Kier alpha value is -4.39. The van der Waals surface area contributed by atoms with Crippen molar-refractivity contribution in [2.45, 2.75) is 26.3 Å². The smallest absolute Gasteiger partial charge is 0.258 e. The summed E-state index contributed by atoms with van der Waals surface area (Å²) in [5.41, 5.74) is 5.22. The maximum Gasteiger partial charge on any atom is 0.258 e. The lowest BCUT2D eigenvalue weighted by Gasteiger charge is -2.21. The van der Waals surface area contributed by atoms with Gasteiger partial charge in [-0.3, -0.25) is 9.59 Å². The average Bonchev–Trinajstić information content (AvgIpc) is 3.33. The molecule has 182 valence electrons. The highest BCUT2D eigenvalue weighted by molar-refractivity contribution is 6.12. The first-order valence-electron chi connectivity index (χ1n) is 11.7. The van der Waals surface area contributed by atoms with Crippen molar-refractivity contribution in [3.8, 4) is 22.6 Å². The number of hydrogen-bond acceptors (Lipinski definition) is 5. The summed E-state index contributed by atoms with van der Waals surface area (Å²) in [5.74, 6) is 0.956. The fourth-order valence-electron chi connectivity index (χ4n) is 4.86. The van der Waals surface area contributed by atoms with Gasteiger partial charge in [-0.05, 0) is 42.3 Å². The molecule has 5 rings (SSSR count). The first-order valence-corrected chi connectivity index (χ1v) is 11.7. The van der Waals surface area contributed by atoms with E-state index in [1.165, 1.54) is 11.9 Å². The van der Waals surface area contributed by atoms with E-state index in [1.807, 2.05) is 67.6 Å². The first-order chi connectivity index (χ1) is 17.4. The standard InChI is InChI=1S/C29H27N3O4/c1-17-10-12-22-21(14-17)27(19-8-6-5-7-9-19)28(29(34)30-22)23-16-24(32(31-23)18(2)33)20-11-13-25(35-3)26(15-20)36-4/h5-15,24H,16H2,1-4H3,(H,30,34). The largest absolute Gasteiger partial charge is 0.493 e. The van der Waals surface area contributed by atoms with Gasteiger partial charge in [-0.2, -0.15) is 5.10 Å². The SMILES string of the molecule is COc1ccc(C2CC(c3c(-c4ccccc4)c4cc(C)ccc4[nH]c3=O)=NN2C(C)=O)cc1OC. The van der Waals surface area contributed by atoms with Crippen molar-refractivity contribution in [2.24, 2.45) is 5.10 Å². The summed E-state index contributed by atoms with van der Waals surface area (Å²) in [5, 5.41) is 7.08. The Morgan fingerprint density at radius 1 is 0.972 bits per heavy atom. The minimum absolute atomic E-state index is 0.209.